The monoisotopic (exact) mass is 733 g/mol. The second-order valence-corrected chi connectivity index (χ2v) is 18.9. The van der Waals surface area contributed by atoms with Gasteiger partial charge in [-0.05, 0) is 117 Å². The van der Waals surface area contributed by atoms with E-state index >= 15 is 0 Å². The topological polar surface area (TPSA) is 26.0 Å². The Kier molecular flexibility index (Phi) is 9.24. The van der Waals surface area contributed by atoms with Crippen molar-refractivity contribution in [2.24, 2.45) is 11.7 Å². The molecule has 0 heterocycles. The minimum absolute atomic E-state index is 0.0612. The average molecular weight is 734 g/mol. The molecule has 5 aromatic carbocycles. The fraction of sp³-hybridized carbons (Fsp3) is 0.345. The number of hydrogen-bond donors (Lipinski definition) is 1. The van der Waals surface area contributed by atoms with Crippen LogP contribution in [0.4, 0.5) is 0 Å². The fourth-order valence-corrected chi connectivity index (χ4v) is 11.7. The minimum Gasteiger partial charge on any atom is -0.327 e. The van der Waals surface area contributed by atoms with Crippen molar-refractivity contribution < 1.29 is 0 Å². The second kappa shape index (κ2) is 14.0. The summed E-state index contributed by atoms with van der Waals surface area (Å²) in [4.78, 5) is 0. The zero-order chi connectivity index (χ0) is 38.7. The molecule has 0 aromatic heterocycles. The van der Waals surface area contributed by atoms with E-state index in [4.69, 9.17) is 5.73 Å². The quantitative estimate of drug-likeness (QED) is 0.118. The number of allylic oxidation sites excluding steroid dienone is 5. The molecule has 0 radical (unpaired) electrons. The highest BCUT2D eigenvalue weighted by atomic mass is 14.6. The summed E-state index contributed by atoms with van der Waals surface area (Å²) in [5.74, 6) is 0.601. The van der Waals surface area contributed by atoms with Crippen LogP contribution in [0.3, 0.4) is 0 Å². The van der Waals surface area contributed by atoms with Gasteiger partial charge in [0.25, 0.3) is 0 Å². The molecular weight excluding hydrogens is 675 g/mol. The van der Waals surface area contributed by atoms with Crippen LogP contribution in [0.25, 0.3) is 11.1 Å². The molecular formula is C55H59N. The van der Waals surface area contributed by atoms with Gasteiger partial charge in [0.15, 0.2) is 0 Å². The van der Waals surface area contributed by atoms with E-state index in [2.05, 4.69) is 180 Å². The van der Waals surface area contributed by atoms with Gasteiger partial charge in [-0.3, -0.25) is 0 Å². The van der Waals surface area contributed by atoms with E-state index < -0.39 is 0 Å². The Hall–Kier alpha value is -4.72. The van der Waals surface area contributed by atoms with Crippen LogP contribution in [0.15, 0.2) is 157 Å². The van der Waals surface area contributed by atoms with E-state index in [1.165, 1.54) is 74.9 Å². The molecule has 56 heavy (non-hydrogen) atoms. The maximum absolute atomic E-state index is 6.39. The van der Waals surface area contributed by atoms with Crippen LogP contribution in [0.2, 0.25) is 0 Å². The normalized spacial score (nSPS) is 22.9. The second-order valence-electron chi connectivity index (χ2n) is 18.9. The molecule has 3 unspecified atom stereocenters. The zero-order valence-corrected chi connectivity index (χ0v) is 34.2. The Labute approximate surface area is 336 Å². The molecule has 1 heteroatoms. The molecule has 9 rings (SSSR count). The maximum atomic E-state index is 6.39. The zero-order valence-electron chi connectivity index (χ0n) is 34.2. The van der Waals surface area contributed by atoms with Gasteiger partial charge in [0.1, 0.15) is 0 Å². The van der Waals surface area contributed by atoms with Crippen LogP contribution in [-0.2, 0) is 28.1 Å². The first-order valence-electron chi connectivity index (χ1n) is 21.3. The lowest BCUT2D eigenvalue weighted by molar-refractivity contribution is 0.277. The van der Waals surface area contributed by atoms with Crippen LogP contribution in [0, 0.1) is 5.92 Å². The average Bonchev–Trinajstić information content (AvgIpc) is 3.64. The molecule has 0 saturated heterocycles. The van der Waals surface area contributed by atoms with E-state index in [0.717, 1.165) is 25.7 Å². The molecule has 1 nitrogen and oxygen atoms in total. The van der Waals surface area contributed by atoms with Crippen molar-refractivity contribution in [1.82, 2.24) is 0 Å². The predicted molar refractivity (Wildman–Crippen MR) is 236 cm³/mol. The molecule has 0 aliphatic heterocycles. The van der Waals surface area contributed by atoms with Crippen molar-refractivity contribution in [1.29, 1.82) is 0 Å². The molecule has 2 N–H and O–H groups in total. The summed E-state index contributed by atoms with van der Waals surface area (Å²) >= 11 is 0. The first-order valence-corrected chi connectivity index (χ1v) is 21.3. The third-order valence-corrected chi connectivity index (χ3v) is 14.8. The van der Waals surface area contributed by atoms with Gasteiger partial charge in [0, 0.05) is 23.8 Å². The number of nitrogens with two attached hydrogens (primary N) is 1. The summed E-state index contributed by atoms with van der Waals surface area (Å²) < 4.78 is 0. The van der Waals surface area contributed by atoms with Crippen molar-refractivity contribution in [3.63, 3.8) is 0 Å². The first-order chi connectivity index (χ1) is 27.1. The molecule has 0 amide bonds. The van der Waals surface area contributed by atoms with Crippen LogP contribution in [0.1, 0.15) is 124 Å². The molecule has 5 aromatic rings. The number of benzene rings is 5. The van der Waals surface area contributed by atoms with Crippen LogP contribution in [-0.4, -0.2) is 6.54 Å². The summed E-state index contributed by atoms with van der Waals surface area (Å²) in [5.41, 5.74) is 24.2. The molecule has 0 fully saturated rings. The summed E-state index contributed by atoms with van der Waals surface area (Å²) in [6.07, 6.45) is 17.6. The van der Waals surface area contributed by atoms with Crippen molar-refractivity contribution in [2.75, 3.05) is 6.54 Å². The Morgan fingerprint density at radius 2 is 1.27 bits per heavy atom. The lowest BCUT2D eigenvalue weighted by Gasteiger charge is -2.43. The summed E-state index contributed by atoms with van der Waals surface area (Å²) in [6.45, 7) is 12.9. The van der Waals surface area contributed by atoms with Gasteiger partial charge in [-0.15, -0.1) is 0 Å². The molecule has 0 saturated carbocycles. The van der Waals surface area contributed by atoms with Gasteiger partial charge in [0.2, 0.25) is 0 Å². The summed E-state index contributed by atoms with van der Waals surface area (Å²) in [6, 6.07) is 46.3. The molecule has 3 atom stereocenters. The van der Waals surface area contributed by atoms with E-state index in [0.29, 0.717) is 12.5 Å². The lowest BCUT2D eigenvalue weighted by atomic mass is 9.59. The smallest absolute Gasteiger partial charge is 0.0537 e. The third-order valence-electron chi connectivity index (χ3n) is 14.8. The SMILES string of the molecule is CC1(C)CCC(C)(C)c2cc(C(CCC3=CC4C(C)(CC3)c3ccccc3C43c4ccccc4-c4ccccc43)C(/C=C\Cc3ccccc3)=C/CN)ccc21. The van der Waals surface area contributed by atoms with Crippen molar-refractivity contribution >= 4 is 0 Å². The third kappa shape index (κ3) is 5.84. The van der Waals surface area contributed by atoms with Gasteiger partial charge >= 0.3 is 0 Å². The maximum Gasteiger partial charge on any atom is 0.0537 e. The van der Waals surface area contributed by atoms with E-state index in [9.17, 15) is 0 Å². The highest BCUT2D eigenvalue weighted by Crippen LogP contribution is 2.68. The van der Waals surface area contributed by atoms with Gasteiger partial charge in [-0.1, -0.05) is 186 Å². The summed E-state index contributed by atoms with van der Waals surface area (Å²) in [5, 5.41) is 0. The molecule has 284 valence electrons. The Bertz CT molecular complexity index is 2320. The first kappa shape index (κ1) is 36.9. The molecule has 1 spiro atoms. The molecule has 4 aliphatic rings. The Morgan fingerprint density at radius 3 is 1.95 bits per heavy atom. The van der Waals surface area contributed by atoms with Gasteiger partial charge in [-0.25, -0.2) is 0 Å². The van der Waals surface area contributed by atoms with Gasteiger partial charge in [-0.2, -0.15) is 0 Å². The minimum atomic E-state index is -0.189. The number of hydrogen-bond acceptors (Lipinski definition) is 1. The highest BCUT2D eigenvalue weighted by Gasteiger charge is 2.62. The highest BCUT2D eigenvalue weighted by molar-refractivity contribution is 5.86. The van der Waals surface area contributed by atoms with Gasteiger partial charge < -0.3 is 5.73 Å². The fourth-order valence-electron chi connectivity index (χ4n) is 11.7. The van der Waals surface area contributed by atoms with E-state index in [-0.39, 0.29) is 27.6 Å². The largest absolute Gasteiger partial charge is 0.327 e. The van der Waals surface area contributed by atoms with Gasteiger partial charge in [0.05, 0.1) is 5.41 Å². The van der Waals surface area contributed by atoms with Crippen LogP contribution in [0.5, 0.6) is 0 Å². The predicted octanol–water partition coefficient (Wildman–Crippen LogP) is 13.2. The Balaban J connectivity index is 1.12. The van der Waals surface area contributed by atoms with E-state index in [1.54, 1.807) is 11.1 Å². The van der Waals surface area contributed by atoms with E-state index in [1.807, 2.05) is 0 Å². The molecule has 0 bridgehead atoms. The van der Waals surface area contributed by atoms with Crippen molar-refractivity contribution in [3.8, 4) is 11.1 Å². The lowest BCUT2D eigenvalue weighted by Crippen LogP contribution is -2.41. The summed E-state index contributed by atoms with van der Waals surface area (Å²) in [7, 11) is 0. The van der Waals surface area contributed by atoms with Crippen molar-refractivity contribution in [3.05, 3.63) is 201 Å². The standard InChI is InChI=1S/C55H59N/c1-52(2)33-34-53(3,4)50-37-41(27-29-47(50)52)42(40(31-35-56)19-15-18-38-16-7-6-8-17-38)28-26-39-30-32-54(5)48-24-13-14-25-49(48)55(51(54)36-39)45-22-11-9-20-43(45)44-21-10-12-23-46(44)55/h6-17,19-25,27,29,31,36-37,42,51H,18,26,28,30,32-35,56H2,1-5H3/b19-15-,40-31+. The molecule has 4 aliphatic carbocycles. The number of fused-ring (bicyclic) bond motifs is 11. The van der Waals surface area contributed by atoms with Crippen LogP contribution < -0.4 is 5.73 Å². The van der Waals surface area contributed by atoms with Crippen molar-refractivity contribution in [2.45, 2.75) is 107 Å². The van der Waals surface area contributed by atoms with Crippen LogP contribution >= 0.6 is 0 Å². The number of rotatable bonds is 9. The Morgan fingerprint density at radius 1 is 0.661 bits per heavy atom.